The van der Waals surface area contributed by atoms with E-state index in [0.29, 0.717) is 0 Å². The van der Waals surface area contributed by atoms with Crippen molar-refractivity contribution in [3.8, 4) is 11.5 Å². The van der Waals surface area contributed by atoms with Gasteiger partial charge in [-0.15, -0.1) is 0 Å². The molecule has 1 aromatic carbocycles. The highest BCUT2D eigenvalue weighted by Crippen LogP contribution is 2.24. The maximum Gasteiger partial charge on any atom is 0.123 e. The summed E-state index contributed by atoms with van der Waals surface area (Å²) in [5.74, 6) is 1.88. The summed E-state index contributed by atoms with van der Waals surface area (Å²) in [7, 11) is 5.96. The summed E-state index contributed by atoms with van der Waals surface area (Å²) in [4.78, 5) is 2.18. The molecule has 0 saturated carbocycles. The Labute approximate surface area is 186 Å². The Bertz CT molecular complexity index is 519. The zero-order valence-corrected chi connectivity index (χ0v) is 20.2. The van der Waals surface area contributed by atoms with Crippen LogP contribution in [0.1, 0.15) is 89.5 Å². The predicted molar refractivity (Wildman–Crippen MR) is 128 cm³/mol. The molecule has 0 unspecified atom stereocenters. The van der Waals surface area contributed by atoms with E-state index in [-0.39, 0.29) is 0 Å². The Balaban J connectivity index is 2.35. The smallest absolute Gasteiger partial charge is 0.123 e. The fourth-order valence-corrected chi connectivity index (χ4v) is 3.57. The highest BCUT2D eigenvalue weighted by atomic mass is 16.5. The van der Waals surface area contributed by atoms with Crippen LogP contribution in [-0.2, 0) is 11.3 Å². The van der Waals surface area contributed by atoms with Crippen molar-refractivity contribution in [1.82, 2.24) is 4.90 Å². The van der Waals surface area contributed by atoms with E-state index in [1.807, 2.05) is 0 Å². The van der Waals surface area contributed by atoms with Crippen LogP contribution in [-0.4, -0.2) is 45.9 Å². The third kappa shape index (κ3) is 14.7. The van der Waals surface area contributed by atoms with Crippen molar-refractivity contribution in [3.05, 3.63) is 23.8 Å². The van der Waals surface area contributed by atoms with Crippen molar-refractivity contribution in [2.45, 2.75) is 90.5 Å². The van der Waals surface area contributed by atoms with Gasteiger partial charge in [0.2, 0.25) is 0 Å². The molecule has 174 valence electrons. The van der Waals surface area contributed by atoms with Crippen LogP contribution in [0.15, 0.2) is 18.2 Å². The van der Waals surface area contributed by atoms with E-state index in [4.69, 9.17) is 14.2 Å². The summed E-state index contributed by atoms with van der Waals surface area (Å²) in [5.41, 5.74) is 1.24. The van der Waals surface area contributed by atoms with Crippen molar-refractivity contribution < 1.29 is 14.2 Å². The number of hydrogen-bond donors (Lipinski definition) is 0. The molecule has 0 amide bonds. The summed E-state index contributed by atoms with van der Waals surface area (Å²) in [5, 5.41) is 0. The molecule has 0 heterocycles. The highest BCUT2D eigenvalue weighted by molar-refractivity contribution is 5.38. The molecule has 0 N–H and O–H groups in total. The average Bonchev–Trinajstić information content (AvgIpc) is 2.71. The molecule has 1 rings (SSSR count). The van der Waals surface area contributed by atoms with Gasteiger partial charge in [-0.05, 0) is 51.1 Å². The topological polar surface area (TPSA) is 30.9 Å². The lowest BCUT2D eigenvalue weighted by atomic mass is 10.1. The van der Waals surface area contributed by atoms with Gasteiger partial charge in [-0.3, -0.25) is 0 Å². The maximum atomic E-state index is 6.07. The molecule has 0 spiro atoms. The van der Waals surface area contributed by atoms with Gasteiger partial charge in [0, 0.05) is 26.3 Å². The van der Waals surface area contributed by atoms with Gasteiger partial charge in [-0.2, -0.15) is 0 Å². The van der Waals surface area contributed by atoms with Gasteiger partial charge in [-0.25, -0.2) is 0 Å². The third-order valence-electron chi connectivity index (χ3n) is 5.22. The molecule has 0 atom stereocenters. The molecule has 0 saturated heterocycles. The second-order valence-electron chi connectivity index (χ2n) is 8.63. The number of methoxy groups -OCH3 is 1. The molecular weight excluding hydrogens is 374 g/mol. The number of hydrogen-bond acceptors (Lipinski definition) is 4. The molecule has 0 bridgehead atoms. The lowest BCUT2D eigenvalue weighted by molar-refractivity contribution is 0.191. The first-order valence-corrected chi connectivity index (χ1v) is 12.2. The van der Waals surface area contributed by atoms with E-state index in [9.17, 15) is 0 Å². The second kappa shape index (κ2) is 18.5. The first-order chi connectivity index (χ1) is 14.7. The van der Waals surface area contributed by atoms with E-state index >= 15 is 0 Å². The normalized spacial score (nSPS) is 11.2. The summed E-state index contributed by atoms with van der Waals surface area (Å²) in [6, 6.07) is 6.37. The van der Waals surface area contributed by atoms with Crippen molar-refractivity contribution in [3.63, 3.8) is 0 Å². The summed E-state index contributed by atoms with van der Waals surface area (Å²) >= 11 is 0. The molecule has 0 radical (unpaired) electrons. The minimum Gasteiger partial charge on any atom is -0.493 e. The minimum absolute atomic E-state index is 0.778. The number of nitrogens with zero attached hydrogens (tertiary/aromatic N) is 1. The lowest BCUT2D eigenvalue weighted by Gasteiger charge is -2.15. The molecule has 1 aromatic rings. The fraction of sp³-hybridized carbons (Fsp3) is 0.769. The van der Waals surface area contributed by atoms with Gasteiger partial charge in [0.1, 0.15) is 11.5 Å². The SMILES string of the molecule is CCCCCCCCOc1cc(CN(C)C)cc(OCCCCCCCCOC)c1. The quantitative estimate of drug-likeness (QED) is 0.215. The van der Waals surface area contributed by atoms with Crippen LogP contribution in [0.4, 0.5) is 0 Å². The highest BCUT2D eigenvalue weighted by Gasteiger charge is 2.05. The van der Waals surface area contributed by atoms with E-state index < -0.39 is 0 Å². The number of benzene rings is 1. The number of unbranched alkanes of at least 4 members (excludes halogenated alkanes) is 10. The van der Waals surface area contributed by atoms with Crippen molar-refractivity contribution >= 4 is 0 Å². The second-order valence-corrected chi connectivity index (χ2v) is 8.63. The van der Waals surface area contributed by atoms with Crippen LogP contribution in [0.25, 0.3) is 0 Å². The molecule has 4 nitrogen and oxygen atoms in total. The first-order valence-electron chi connectivity index (χ1n) is 12.2. The lowest BCUT2D eigenvalue weighted by Crippen LogP contribution is -2.11. The van der Waals surface area contributed by atoms with Gasteiger partial charge < -0.3 is 19.1 Å². The Morgan fingerprint density at radius 3 is 1.57 bits per heavy atom. The van der Waals surface area contributed by atoms with Gasteiger partial charge in [-0.1, -0.05) is 64.7 Å². The van der Waals surface area contributed by atoms with E-state index in [0.717, 1.165) is 50.7 Å². The largest absolute Gasteiger partial charge is 0.493 e. The first kappa shape index (κ1) is 26.8. The van der Waals surface area contributed by atoms with Crippen LogP contribution in [0.3, 0.4) is 0 Å². The van der Waals surface area contributed by atoms with Gasteiger partial charge in [0.15, 0.2) is 0 Å². The average molecular weight is 422 g/mol. The molecule has 0 fully saturated rings. The summed E-state index contributed by atoms with van der Waals surface area (Å²) in [6.07, 6.45) is 15.0. The van der Waals surface area contributed by atoms with Gasteiger partial charge >= 0.3 is 0 Å². The maximum absolute atomic E-state index is 6.07. The number of rotatable bonds is 20. The Hall–Kier alpha value is -1.26. The van der Waals surface area contributed by atoms with Crippen molar-refractivity contribution in [1.29, 1.82) is 0 Å². The minimum atomic E-state index is 0.778. The van der Waals surface area contributed by atoms with Crippen LogP contribution in [0.5, 0.6) is 11.5 Å². The van der Waals surface area contributed by atoms with Crippen molar-refractivity contribution in [2.24, 2.45) is 0 Å². The molecule has 0 aliphatic carbocycles. The van der Waals surface area contributed by atoms with E-state index in [1.165, 1.54) is 69.8 Å². The number of ether oxygens (including phenoxy) is 3. The third-order valence-corrected chi connectivity index (χ3v) is 5.22. The van der Waals surface area contributed by atoms with Crippen molar-refractivity contribution in [2.75, 3.05) is 41.0 Å². The zero-order valence-electron chi connectivity index (χ0n) is 20.2. The molecular formula is C26H47NO3. The Kier molecular flexibility index (Phi) is 16.5. The Morgan fingerprint density at radius 1 is 0.633 bits per heavy atom. The van der Waals surface area contributed by atoms with Gasteiger partial charge in [0.05, 0.1) is 13.2 Å². The van der Waals surface area contributed by atoms with Crippen LogP contribution in [0, 0.1) is 0 Å². The molecule has 30 heavy (non-hydrogen) atoms. The predicted octanol–water partition coefficient (Wildman–Crippen LogP) is 6.85. The molecule has 0 aromatic heterocycles. The van der Waals surface area contributed by atoms with Crippen LogP contribution in [0.2, 0.25) is 0 Å². The van der Waals surface area contributed by atoms with Gasteiger partial charge in [0.25, 0.3) is 0 Å². The van der Waals surface area contributed by atoms with E-state index in [2.05, 4.69) is 44.1 Å². The monoisotopic (exact) mass is 421 g/mol. The summed E-state index contributed by atoms with van der Waals surface area (Å²) < 4.78 is 17.2. The van der Waals surface area contributed by atoms with E-state index in [1.54, 1.807) is 7.11 Å². The Morgan fingerprint density at radius 2 is 1.10 bits per heavy atom. The van der Waals surface area contributed by atoms with Crippen LogP contribution >= 0.6 is 0 Å². The van der Waals surface area contributed by atoms with Crippen LogP contribution < -0.4 is 9.47 Å². The molecule has 4 heteroatoms. The molecule has 0 aliphatic rings. The fourth-order valence-electron chi connectivity index (χ4n) is 3.57. The zero-order chi connectivity index (χ0) is 21.9. The summed E-state index contributed by atoms with van der Waals surface area (Å²) in [6.45, 7) is 5.61. The molecule has 0 aliphatic heterocycles. The standard InChI is InChI=1S/C26H47NO3/c1-5-6-7-8-12-15-18-29-25-20-24(23-27(2)3)21-26(22-25)30-19-16-13-10-9-11-14-17-28-4/h20-22H,5-19,23H2,1-4H3.